The topological polar surface area (TPSA) is 12.4 Å². The maximum atomic E-state index is 12.6. The summed E-state index contributed by atoms with van der Waals surface area (Å²) in [5.74, 6) is -0.195. The highest BCUT2D eigenvalue weighted by Gasteiger charge is 2.01. The molecular formula is C11H14FN. The summed E-state index contributed by atoms with van der Waals surface area (Å²) in [7, 11) is 0. The molecule has 0 aromatic heterocycles. The minimum absolute atomic E-state index is 0.195. The van der Waals surface area contributed by atoms with Crippen LogP contribution in [0.25, 0.3) is 0 Å². The van der Waals surface area contributed by atoms with Gasteiger partial charge in [0.25, 0.3) is 0 Å². The summed E-state index contributed by atoms with van der Waals surface area (Å²) < 4.78 is 12.6. The number of allylic oxidation sites excluding steroid dienone is 5. The predicted molar refractivity (Wildman–Crippen MR) is 54.7 cm³/mol. The van der Waals surface area contributed by atoms with Crippen molar-refractivity contribution in [1.29, 1.82) is 0 Å². The lowest BCUT2D eigenvalue weighted by Gasteiger charge is -1.89. The molecule has 0 saturated carbocycles. The number of rotatable bonds is 3. The van der Waals surface area contributed by atoms with Crippen LogP contribution in [0.15, 0.2) is 40.7 Å². The fraction of sp³-hybridized carbons (Fsp3) is 0.364. The Balaban J connectivity index is 2.40. The molecule has 13 heavy (non-hydrogen) atoms. The highest BCUT2D eigenvalue weighted by atomic mass is 19.1. The summed E-state index contributed by atoms with van der Waals surface area (Å²) in [6.45, 7) is 4.53. The van der Waals surface area contributed by atoms with E-state index in [2.05, 4.69) is 11.1 Å². The molecule has 0 aliphatic carbocycles. The van der Waals surface area contributed by atoms with E-state index in [1.54, 1.807) is 13.0 Å². The van der Waals surface area contributed by atoms with Crippen LogP contribution in [-0.2, 0) is 0 Å². The Morgan fingerprint density at radius 3 is 3.00 bits per heavy atom. The lowest BCUT2D eigenvalue weighted by Crippen LogP contribution is -1.86. The lowest BCUT2D eigenvalue weighted by atomic mass is 10.2. The number of aliphatic imine (C=N–C) groups is 1. The van der Waals surface area contributed by atoms with Gasteiger partial charge in [0, 0.05) is 12.1 Å². The minimum atomic E-state index is -0.195. The first-order chi connectivity index (χ1) is 6.22. The third-order valence-corrected chi connectivity index (χ3v) is 1.82. The van der Waals surface area contributed by atoms with Gasteiger partial charge in [0.1, 0.15) is 5.83 Å². The average Bonchev–Trinajstić information content (AvgIpc) is 2.51. The molecule has 2 heteroatoms. The van der Waals surface area contributed by atoms with Crippen molar-refractivity contribution in [2.75, 3.05) is 6.54 Å². The molecule has 0 atom stereocenters. The third kappa shape index (κ3) is 3.36. The van der Waals surface area contributed by atoms with Crippen LogP contribution in [0.1, 0.15) is 20.3 Å². The molecule has 0 bridgehead atoms. The van der Waals surface area contributed by atoms with E-state index in [1.807, 2.05) is 6.92 Å². The zero-order valence-electron chi connectivity index (χ0n) is 8.05. The Morgan fingerprint density at radius 2 is 2.46 bits per heavy atom. The Bertz CT molecular complexity index is 295. The summed E-state index contributed by atoms with van der Waals surface area (Å²) in [4.78, 5) is 4.27. The summed E-state index contributed by atoms with van der Waals surface area (Å²) in [6, 6.07) is 0. The van der Waals surface area contributed by atoms with Gasteiger partial charge in [-0.2, -0.15) is 0 Å². The van der Waals surface area contributed by atoms with Crippen molar-refractivity contribution in [3.05, 3.63) is 35.7 Å². The fourth-order valence-corrected chi connectivity index (χ4v) is 1.11. The van der Waals surface area contributed by atoms with Gasteiger partial charge in [-0.15, -0.1) is 0 Å². The maximum absolute atomic E-state index is 12.6. The van der Waals surface area contributed by atoms with Crippen LogP contribution >= 0.6 is 0 Å². The second kappa shape index (κ2) is 4.75. The van der Waals surface area contributed by atoms with Gasteiger partial charge in [0.2, 0.25) is 0 Å². The third-order valence-electron chi connectivity index (χ3n) is 1.82. The lowest BCUT2D eigenvalue weighted by molar-refractivity contribution is 0.664. The van der Waals surface area contributed by atoms with E-state index in [-0.39, 0.29) is 5.83 Å². The predicted octanol–water partition coefficient (Wildman–Crippen LogP) is 3.21. The summed E-state index contributed by atoms with van der Waals surface area (Å²) in [5.41, 5.74) is 2.31. The van der Waals surface area contributed by atoms with Crippen LogP contribution in [0.4, 0.5) is 4.39 Å². The monoisotopic (exact) mass is 179 g/mol. The minimum Gasteiger partial charge on any atom is -0.285 e. The van der Waals surface area contributed by atoms with E-state index in [9.17, 15) is 4.39 Å². The first-order valence-electron chi connectivity index (χ1n) is 4.41. The number of hydrogen-bond acceptors (Lipinski definition) is 1. The molecule has 70 valence electrons. The van der Waals surface area contributed by atoms with Crippen LogP contribution in [-0.4, -0.2) is 12.3 Å². The van der Waals surface area contributed by atoms with Crippen LogP contribution in [0.5, 0.6) is 0 Å². The van der Waals surface area contributed by atoms with E-state index in [1.165, 1.54) is 17.7 Å². The second-order valence-electron chi connectivity index (χ2n) is 3.08. The van der Waals surface area contributed by atoms with Gasteiger partial charge in [-0.1, -0.05) is 17.7 Å². The van der Waals surface area contributed by atoms with Gasteiger partial charge in [-0.05, 0) is 26.0 Å². The molecule has 0 fully saturated rings. The standard InChI is InChI=1S/C11H14FN/c1-3-10(12)5-4-6-11-7-9(2)8-13-11/h3-5,7H,6,8H2,1-2H3/b5-4-,10-3+. The van der Waals surface area contributed by atoms with Gasteiger partial charge in [0.15, 0.2) is 0 Å². The quantitative estimate of drug-likeness (QED) is 0.590. The van der Waals surface area contributed by atoms with Crippen LogP contribution < -0.4 is 0 Å². The van der Waals surface area contributed by atoms with E-state index in [0.29, 0.717) is 0 Å². The number of nitrogens with zero attached hydrogens (tertiary/aromatic N) is 1. The van der Waals surface area contributed by atoms with Crippen molar-refractivity contribution < 1.29 is 4.39 Å². The van der Waals surface area contributed by atoms with E-state index >= 15 is 0 Å². The van der Waals surface area contributed by atoms with E-state index < -0.39 is 0 Å². The molecule has 0 spiro atoms. The zero-order valence-corrected chi connectivity index (χ0v) is 8.05. The Labute approximate surface area is 78.4 Å². The first-order valence-corrected chi connectivity index (χ1v) is 4.41. The summed E-state index contributed by atoms with van der Waals surface area (Å²) in [6.07, 6.45) is 7.48. The van der Waals surface area contributed by atoms with Gasteiger partial charge < -0.3 is 0 Å². The molecule has 0 N–H and O–H groups in total. The molecule has 0 amide bonds. The van der Waals surface area contributed by atoms with Crippen molar-refractivity contribution in [2.45, 2.75) is 20.3 Å². The van der Waals surface area contributed by atoms with Crippen LogP contribution in [0.3, 0.4) is 0 Å². The Kier molecular flexibility index (Phi) is 3.62. The highest BCUT2D eigenvalue weighted by molar-refractivity contribution is 5.98. The highest BCUT2D eigenvalue weighted by Crippen LogP contribution is 2.07. The summed E-state index contributed by atoms with van der Waals surface area (Å²) in [5, 5.41) is 0. The van der Waals surface area contributed by atoms with Gasteiger partial charge >= 0.3 is 0 Å². The molecule has 1 heterocycles. The number of hydrogen-bond donors (Lipinski definition) is 0. The number of halogens is 1. The van der Waals surface area contributed by atoms with Crippen molar-refractivity contribution >= 4 is 5.71 Å². The largest absolute Gasteiger partial charge is 0.285 e. The fourth-order valence-electron chi connectivity index (χ4n) is 1.11. The zero-order chi connectivity index (χ0) is 9.68. The Morgan fingerprint density at radius 1 is 1.69 bits per heavy atom. The summed E-state index contributed by atoms with van der Waals surface area (Å²) >= 11 is 0. The van der Waals surface area contributed by atoms with E-state index in [4.69, 9.17) is 0 Å². The van der Waals surface area contributed by atoms with Crippen molar-refractivity contribution in [1.82, 2.24) is 0 Å². The van der Waals surface area contributed by atoms with Gasteiger partial charge in [0.05, 0.1) is 6.54 Å². The smallest absolute Gasteiger partial charge is 0.118 e. The van der Waals surface area contributed by atoms with Crippen molar-refractivity contribution in [2.24, 2.45) is 4.99 Å². The Hall–Kier alpha value is -1.18. The van der Waals surface area contributed by atoms with Crippen molar-refractivity contribution in [3.63, 3.8) is 0 Å². The normalized spacial score (nSPS) is 17.9. The van der Waals surface area contributed by atoms with Crippen LogP contribution in [0.2, 0.25) is 0 Å². The first kappa shape index (κ1) is 9.90. The molecule has 1 aliphatic heterocycles. The maximum Gasteiger partial charge on any atom is 0.118 e. The van der Waals surface area contributed by atoms with Crippen LogP contribution in [0, 0.1) is 0 Å². The molecule has 1 nitrogen and oxygen atoms in total. The molecule has 1 aliphatic rings. The molecule has 1 rings (SSSR count). The molecule has 0 saturated heterocycles. The molecule has 0 radical (unpaired) electrons. The molecule has 0 aromatic rings. The molecular weight excluding hydrogens is 165 g/mol. The van der Waals surface area contributed by atoms with Crippen molar-refractivity contribution in [3.8, 4) is 0 Å². The molecule has 0 aromatic carbocycles. The van der Waals surface area contributed by atoms with Gasteiger partial charge in [-0.3, -0.25) is 4.99 Å². The van der Waals surface area contributed by atoms with Gasteiger partial charge in [-0.25, -0.2) is 4.39 Å². The molecule has 0 unspecified atom stereocenters. The SMILES string of the molecule is C/C=C(F)\C=C/CC1=NCC(C)=C1. The average molecular weight is 179 g/mol. The second-order valence-corrected chi connectivity index (χ2v) is 3.08. The van der Waals surface area contributed by atoms with E-state index in [0.717, 1.165) is 18.7 Å².